The predicted octanol–water partition coefficient (Wildman–Crippen LogP) is 4.30. The number of ketones is 1. The van der Waals surface area contributed by atoms with Gasteiger partial charge in [-0.3, -0.25) is 4.79 Å². The SMILES string of the molecule is O=C(CCCCCCCCCCO)Cc1ccccc1. The summed E-state index contributed by atoms with van der Waals surface area (Å²) >= 11 is 0. The lowest BCUT2D eigenvalue weighted by molar-refractivity contribution is -0.118. The Balaban J connectivity index is 1.92. The fourth-order valence-electron chi connectivity index (χ4n) is 2.41. The zero-order valence-electron chi connectivity index (χ0n) is 12.5. The number of aliphatic hydroxyl groups is 1. The van der Waals surface area contributed by atoms with Gasteiger partial charge < -0.3 is 5.11 Å². The van der Waals surface area contributed by atoms with Gasteiger partial charge in [-0.05, 0) is 18.4 Å². The Labute approximate surface area is 123 Å². The summed E-state index contributed by atoms with van der Waals surface area (Å²) in [6.45, 7) is 0.323. The minimum Gasteiger partial charge on any atom is -0.396 e. The van der Waals surface area contributed by atoms with Crippen molar-refractivity contribution in [1.29, 1.82) is 0 Å². The number of rotatable bonds is 12. The van der Waals surface area contributed by atoms with E-state index >= 15 is 0 Å². The summed E-state index contributed by atoms with van der Waals surface area (Å²) in [4.78, 5) is 11.8. The molecule has 1 rings (SSSR count). The van der Waals surface area contributed by atoms with Crippen molar-refractivity contribution in [2.45, 2.75) is 64.2 Å². The standard InChI is InChI=1S/C18H28O2/c19-15-11-6-4-2-1-3-5-10-14-18(20)16-17-12-8-7-9-13-17/h7-9,12-13,19H,1-6,10-11,14-16H2. The Morgan fingerprint density at radius 2 is 1.35 bits per heavy atom. The highest BCUT2D eigenvalue weighted by atomic mass is 16.2. The molecule has 0 aliphatic heterocycles. The first-order valence-electron chi connectivity index (χ1n) is 7.99. The lowest BCUT2D eigenvalue weighted by Crippen LogP contribution is -2.02. The van der Waals surface area contributed by atoms with Crippen LogP contribution in [-0.2, 0) is 11.2 Å². The summed E-state index contributed by atoms with van der Waals surface area (Å²) < 4.78 is 0. The Bertz CT molecular complexity index is 346. The molecule has 0 spiro atoms. The second kappa shape index (κ2) is 11.7. The second-order valence-electron chi connectivity index (χ2n) is 5.50. The van der Waals surface area contributed by atoms with Crippen molar-refractivity contribution >= 4 is 5.78 Å². The van der Waals surface area contributed by atoms with Crippen molar-refractivity contribution in [2.75, 3.05) is 6.61 Å². The molecule has 1 N–H and O–H groups in total. The van der Waals surface area contributed by atoms with Crippen molar-refractivity contribution in [3.05, 3.63) is 35.9 Å². The van der Waals surface area contributed by atoms with Crippen LogP contribution in [0.25, 0.3) is 0 Å². The van der Waals surface area contributed by atoms with Crippen LogP contribution in [0, 0.1) is 0 Å². The van der Waals surface area contributed by atoms with Crippen LogP contribution in [-0.4, -0.2) is 17.5 Å². The largest absolute Gasteiger partial charge is 0.396 e. The normalized spacial score (nSPS) is 10.7. The first kappa shape index (κ1) is 16.9. The van der Waals surface area contributed by atoms with Gasteiger partial charge in [0.15, 0.2) is 0 Å². The molecule has 0 atom stereocenters. The highest BCUT2D eigenvalue weighted by molar-refractivity contribution is 5.80. The van der Waals surface area contributed by atoms with Gasteiger partial charge in [0.1, 0.15) is 5.78 Å². The fourth-order valence-corrected chi connectivity index (χ4v) is 2.41. The molecule has 2 heteroatoms. The Morgan fingerprint density at radius 3 is 1.95 bits per heavy atom. The maximum atomic E-state index is 11.8. The van der Waals surface area contributed by atoms with Crippen LogP contribution in [0.5, 0.6) is 0 Å². The van der Waals surface area contributed by atoms with Crippen LogP contribution >= 0.6 is 0 Å². The van der Waals surface area contributed by atoms with Gasteiger partial charge in [-0.1, -0.05) is 68.9 Å². The molecule has 0 aliphatic rings. The number of carbonyl (C=O) groups excluding carboxylic acids is 1. The molecule has 1 aromatic carbocycles. The first-order valence-corrected chi connectivity index (χ1v) is 7.99. The minimum atomic E-state index is 0.323. The molecule has 0 amide bonds. The van der Waals surface area contributed by atoms with Gasteiger partial charge in [-0.2, -0.15) is 0 Å². The maximum Gasteiger partial charge on any atom is 0.137 e. The van der Waals surface area contributed by atoms with Crippen LogP contribution in [0.3, 0.4) is 0 Å². The molecule has 112 valence electrons. The summed E-state index contributed by atoms with van der Waals surface area (Å²) in [5.41, 5.74) is 1.13. The van der Waals surface area contributed by atoms with Crippen LogP contribution in [0.4, 0.5) is 0 Å². The predicted molar refractivity (Wildman–Crippen MR) is 83.8 cm³/mol. The molecule has 2 nitrogen and oxygen atoms in total. The molecule has 0 radical (unpaired) electrons. The quantitative estimate of drug-likeness (QED) is 0.578. The number of Topliss-reactive ketones (excluding diaryl/α,β-unsaturated/α-hetero) is 1. The molecule has 0 aliphatic carbocycles. The molecule has 0 heterocycles. The molecule has 20 heavy (non-hydrogen) atoms. The van der Waals surface area contributed by atoms with E-state index in [-0.39, 0.29) is 0 Å². The third-order valence-electron chi connectivity index (χ3n) is 3.61. The minimum absolute atomic E-state index is 0.323. The van der Waals surface area contributed by atoms with E-state index in [0.717, 1.165) is 31.2 Å². The van der Waals surface area contributed by atoms with Gasteiger partial charge in [-0.25, -0.2) is 0 Å². The Kier molecular flexibility index (Phi) is 9.85. The van der Waals surface area contributed by atoms with Crippen LogP contribution < -0.4 is 0 Å². The van der Waals surface area contributed by atoms with Crippen LogP contribution in [0.1, 0.15) is 63.4 Å². The molecule has 0 bridgehead atoms. The monoisotopic (exact) mass is 276 g/mol. The number of benzene rings is 1. The summed E-state index contributed by atoms with van der Waals surface area (Å²) in [5, 5.41) is 8.66. The average molecular weight is 276 g/mol. The lowest BCUT2D eigenvalue weighted by Gasteiger charge is -2.03. The molecule has 1 aromatic rings. The Morgan fingerprint density at radius 1 is 0.800 bits per heavy atom. The van der Waals surface area contributed by atoms with E-state index in [0.29, 0.717) is 18.8 Å². The molecule has 0 fully saturated rings. The summed E-state index contributed by atoms with van der Waals surface area (Å²) in [6.07, 6.45) is 10.6. The second-order valence-corrected chi connectivity index (χ2v) is 5.50. The van der Waals surface area contributed by atoms with Crippen molar-refractivity contribution in [3.63, 3.8) is 0 Å². The summed E-state index contributed by atoms with van der Waals surface area (Å²) in [5.74, 6) is 0.360. The van der Waals surface area contributed by atoms with E-state index in [4.69, 9.17) is 5.11 Å². The van der Waals surface area contributed by atoms with Gasteiger partial charge in [0.25, 0.3) is 0 Å². The van der Waals surface area contributed by atoms with Gasteiger partial charge in [0, 0.05) is 19.4 Å². The molecule has 0 aromatic heterocycles. The first-order chi connectivity index (χ1) is 9.83. The fraction of sp³-hybridized carbons (Fsp3) is 0.611. The Hall–Kier alpha value is -1.15. The van der Waals surface area contributed by atoms with E-state index in [1.54, 1.807) is 0 Å². The van der Waals surface area contributed by atoms with Gasteiger partial charge in [0.05, 0.1) is 0 Å². The average Bonchev–Trinajstić information content (AvgIpc) is 2.46. The zero-order valence-corrected chi connectivity index (χ0v) is 12.5. The smallest absolute Gasteiger partial charge is 0.137 e. The zero-order chi connectivity index (χ0) is 14.5. The van der Waals surface area contributed by atoms with E-state index in [1.165, 1.54) is 32.1 Å². The van der Waals surface area contributed by atoms with Crippen molar-refractivity contribution in [2.24, 2.45) is 0 Å². The van der Waals surface area contributed by atoms with E-state index in [2.05, 4.69) is 0 Å². The van der Waals surface area contributed by atoms with E-state index in [9.17, 15) is 4.79 Å². The van der Waals surface area contributed by atoms with E-state index in [1.807, 2.05) is 30.3 Å². The van der Waals surface area contributed by atoms with E-state index < -0.39 is 0 Å². The summed E-state index contributed by atoms with van der Waals surface area (Å²) in [6, 6.07) is 9.99. The number of hydrogen-bond acceptors (Lipinski definition) is 2. The lowest BCUT2D eigenvalue weighted by atomic mass is 10.0. The molecular formula is C18H28O2. The van der Waals surface area contributed by atoms with Crippen LogP contribution in [0.2, 0.25) is 0 Å². The third-order valence-corrected chi connectivity index (χ3v) is 3.61. The van der Waals surface area contributed by atoms with Gasteiger partial charge in [-0.15, -0.1) is 0 Å². The number of aliphatic hydroxyl groups excluding tert-OH is 1. The van der Waals surface area contributed by atoms with Crippen molar-refractivity contribution in [3.8, 4) is 0 Å². The topological polar surface area (TPSA) is 37.3 Å². The maximum absolute atomic E-state index is 11.8. The molecule has 0 unspecified atom stereocenters. The summed E-state index contributed by atoms with van der Waals surface area (Å²) in [7, 11) is 0. The number of carbonyl (C=O) groups is 1. The molecule has 0 saturated heterocycles. The third kappa shape index (κ3) is 8.87. The number of unbranched alkanes of at least 4 members (excludes halogenated alkanes) is 7. The van der Waals surface area contributed by atoms with Crippen molar-refractivity contribution in [1.82, 2.24) is 0 Å². The van der Waals surface area contributed by atoms with Crippen molar-refractivity contribution < 1.29 is 9.90 Å². The molecular weight excluding hydrogens is 248 g/mol. The highest BCUT2D eigenvalue weighted by Crippen LogP contribution is 2.11. The van der Waals surface area contributed by atoms with Gasteiger partial charge in [0.2, 0.25) is 0 Å². The molecule has 0 saturated carbocycles. The van der Waals surface area contributed by atoms with Crippen LogP contribution in [0.15, 0.2) is 30.3 Å². The number of hydrogen-bond donors (Lipinski definition) is 1. The van der Waals surface area contributed by atoms with Gasteiger partial charge >= 0.3 is 0 Å². The highest BCUT2D eigenvalue weighted by Gasteiger charge is 2.03.